The summed E-state index contributed by atoms with van der Waals surface area (Å²) >= 11 is 0. The molecule has 0 saturated heterocycles. The Morgan fingerprint density at radius 1 is 0.931 bits per heavy atom. The Balaban J connectivity index is 1.81. The van der Waals surface area contributed by atoms with Crippen molar-refractivity contribution >= 4 is 32.4 Å². The summed E-state index contributed by atoms with van der Waals surface area (Å²) in [6.45, 7) is 0. The number of nitrogens with zero attached hydrogens (tertiary/aromatic N) is 4. The molecule has 0 radical (unpaired) electrons. The minimum Gasteiger partial charge on any atom is -0.340 e. The Labute approximate surface area is 169 Å². The van der Waals surface area contributed by atoms with E-state index >= 15 is 0 Å². The fraction of sp³-hybridized carbons (Fsp3) is 0.0952. The molecule has 0 fully saturated rings. The number of hydrogen-bond acceptors (Lipinski definition) is 6. The molecule has 146 valence electrons. The SMILES string of the molecule is CN(C)S(=O)(=O)c1cccc(Nc2nc(-c3cccnc3)nc3ccccc23)c1. The van der Waals surface area contributed by atoms with Gasteiger partial charge in [-0.05, 0) is 42.5 Å². The Hall–Kier alpha value is -3.36. The third-order valence-corrected chi connectivity index (χ3v) is 6.21. The number of hydrogen-bond donors (Lipinski definition) is 1. The van der Waals surface area contributed by atoms with Gasteiger partial charge in [-0.2, -0.15) is 0 Å². The molecule has 0 aliphatic heterocycles. The first-order valence-electron chi connectivity index (χ1n) is 8.92. The van der Waals surface area contributed by atoms with Gasteiger partial charge in [-0.25, -0.2) is 22.7 Å². The van der Waals surface area contributed by atoms with Crippen molar-refractivity contribution in [2.45, 2.75) is 4.90 Å². The summed E-state index contributed by atoms with van der Waals surface area (Å²) in [7, 11) is -0.518. The highest BCUT2D eigenvalue weighted by Gasteiger charge is 2.18. The minimum atomic E-state index is -3.53. The van der Waals surface area contributed by atoms with E-state index in [1.807, 2.05) is 36.4 Å². The molecule has 0 saturated carbocycles. The summed E-state index contributed by atoms with van der Waals surface area (Å²) in [5.74, 6) is 1.13. The van der Waals surface area contributed by atoms with E-state index in [-0.39, 0.29) is 4.90 Å². The molecule has 0 spiro atoms. The molecular weight excluding hydrogens is 386 g/mol. The number of pyridine rings is 1. The number of sulfonamides is 1. The van der Waals surface area contributed by atoms with Crippen LogP contribution in [0.15, 0.2) is 78.0 Å². The van der Waals surface area contributed by atoms with E-state index in [2.05, 4.69) is 20.3 Å². The number of rotatable bonds is 5. The van der Waals surface area contributed by atoms with Gasteiger partial charge in [-0.1, -0.05) is 18.2 Å². The van der Waals surface area contributed by atoms with Gasteiger partial charge in [-0.3, -0.25) is 4.98 Å². The average Bonchev–Trinajstić information content (AvgIpc) is 2.74. The second-order valence-electron chi connectivity index (χ2n) is 6.59. The van der Waals surface area contributed by atoms with Gasteiger partial charge in [0.05, 0.1) is 10.4 Å². The molecular formula is C21H19N5O2S. The largest absolute Gasteiger partial charge is 0.340 e. The maximum absolute atomic E-state index is 12.5. The molecule has 1 N–H and O–H groups in total. The topological polar surface area (TPSA) is 88.1 Å². The number of fused-ring (bicyclic) bond motifs is 1. The average molecular weight is 405 g/mol. The third kappa shape index (κ3) is 3.80. The highest BCUT2D eigenvalue weighted by atomic mass is 32.2. The first-order chi connectivity index (χ1) is 13.9. The molecule has 0 amide bonds. The van der Waals surface area contributed by atoms with Gasteiger partial charge in [0.1, 0.15) is 5.82 Å². The predicted octanol–water partition coefficient (Wildman–Crippen LogP) is 3.69. The van der Waals surface area contributed by atoms with Crippen molar-refractivity contribution in [3.05, 3.63) is 73.1 Å². The van der Waals surface area contributed by atoms with Gasteiger partial charge < -0.3 is 5.32 Å². The summed E-state index contributed by atoms with van der Waals surface area (Å²) < 4.78 is 26.1. The summed E-state index contributed by atoms with van der Waals surface area (Å²) in [6.07, 6.45) is 3.40. The fourth-order valence-corrected chi connectivity index (χ4v) is 3.83. The summed E-state index contributed by atoms with van der Waals surface area (Å²) in [5.41, 5.74) is 2.19. The Bertz CT molecular complexity index is 1270. The highest BCUT2D eigenvalue weighted by Crippen LogP contribution is 2.28. The molecule has 8 heteroatoms. The van der Waals surface area contributed by atoms with Gasteiger partial charge in [-0.15, -0.1) is 0 Å². The van der Waals surface area contributed by atoms with E-state index in [1.54, 1.807) is 36.7 Å². The van der Waals surface area contributed by atoms with Gasteiger partial charge in [0.2, 0.25) is 10.0 Å². The van der Waals surface area contributed by atoms with Crippen LogP contribution in [0.25, 0.3) is 22.3 Å². The number of nitrogens with one attached hydrogen (secondary N) is 1. The number of benzene rings is 2. The molecule has 2 aromatic heterocycles. The van der Waals surface area contributed by atoms with Crippen molar-refractivity contribution < 1.29 is 8.42 Å². The molecule has 0 aliphatic rings. The van der Waals surface area contributed by atoms with Crippen molar-refractivity contribution in [2.75, 3.05) is 19.4 Å². The van der Waals surface area contributed by atoms with Crippen LogP contribution in [0.3, 0.4) is 0 Å². The highest BCUT2D eigenvalue weighted by molar-refractivity contribution is 7.89. The van der Waals surface area contributed by atoms with Crippen LogP contribution in [0.1, 0.15) is 0 Å². The van der Waals surface area contributed by atoms with Crippen molar-refractivity contribution in [3.8, 4) is 11.4 Å². The predicted molar refractivity (Wildman–Crippen MR) is 113 cm³/mol. The molecule has 0 atom stereocenters. The lowest BCUT2D eigenvalue weighted by atomic mass is 10.2. The fourth-order valence-electron chi connectivity index (χ4n) is 2.88. The molecule has 29 heavy (non-hydrogen) atoms. The van der Waals surface area contributed by atoms with E-state index in [1.165, 1.54) is 18.4 Å². The molecule has 4 aromatic rings. The third-order valence-electron chi connectivity index (χ3n) is 4.40. The maximum Gasteiger partial charge on any atom is 0.242 e. The van der Waals surface area contributed by atoms with E-state index in [4.69, 9.17) is 0 Å². The molecule has 4 rings (SSSR count). The Kier molecular flexibility index (Phi) is 4.96. The van der Waals surface area contributed by atoms with E-state index in [0.717, 1.165) is 16.5 Å². The van der Waals surface area contributed by atoms with Crippen LogP contribution >= 0.6 is 0 Å². The molecule has 7 nitrogen and oxygen atoms in total. The molecule has 0 aliphatic carbocycles. The summed E-state index contributed by atoms with van der Waals surface area (Å²) in [5, 5.41) is 4.09. The minimum absolute atomic E-state index is 0.207. The zero-order chi connectivity index (χ0) is 20.4. The van der Waals surface area contributed by atoms with Crippen molar-refractivity contribution in [3.63, 3.8) is 0 Å². The lowest BCUT2D eigenvalue weighted by Crippen LogP contribution is -2.22. The van der Waals surface area contributed by atoms with Gasteiger partial charge in [0.25, 0.3) is 0 Å². The lowest BCUT2D eigenvalue weighted by Gasteiger charge is -2.14. The van der Waals surface area contributed by atoms with Gasteiger partial charge in [0, 0.05) is 43.1 Å². The van der Waals surface area contributed by atoms with Crippen molar-refractivity contribution in [1.29, 1.82) is 0 Å². The second kappa shape index (κ2) is 7.57. The van der Waals surface area contributed by atoms with E-state index < -0.39 is 10.0 Å². The van der Waals surface area contributed by atoms with Crippen LogP contribution in [-0.4, -0.2) is 41.8 Å². The Morgan fingerprint density at radius 2 is 1.76 bits per heavy atom. The molecule has 0 bridgehead atoms. The van der Waals surface area contributed by atoms with E-state index in [9.17, 15) is 8.42 Å². The van der Waals surface area contributed by atoms with Gasteiger partial charge in [0.15, 0.2) is 5.82 Å². The normalized spacial score (nSPS) is 11.7. The smallest absolute Gasteiger partial charge is 0.242 e. The molecule has 2 heterocycles. The number of aromatic nitrogens is 3. The zero-order valence-electron chi connectivity index (χ0n) is 15.9. The van der Waals surface area contributed by atoms with Gasteiger partial charge >= 0.3 is 0 Å². The van der Waals surface area contributed by atoms with E-state index in [0.29, 0.717) is 17.3 Å². The lowest BCUT2D eigenvalue weighted by molar-refractivity contribution is 0.521. The summed E-state index contributed by atoms with van der Waals surface area (Å²) in [6, 6.07) is 18.0. The zero-order valence-corrected chi connectivity index (χ0v) is 16.8. The molecule has 2 aromatic carbocycles. The second-order valence-corrected chi connectivity index (χ2v) is 8.75. The summed E-state index contributed by atoms with van der Waals surface area (Å²) in [4.78, 5) is 13.7. The van der Waals surface area contributed by atoms with Crippen molar-refractivity contribution in [1.82, 2.24) is 19.3 Å². The van der Waals surface area contributed by atoms with Crippen LogP contribution in [0.4, 0.5) is 11.5 Å². The number of para-hydroxylation sites is 1. The van der Waals surface area contributed by atoms with Crippen LogP contribution in [-0.2, 0) is 10.0 Å². The van der Waals surface area contributed by atoms with Crippen LogP contribution in [0.2, 0.25) is 0 Å². The standard InChI is InChI=1S/C21H19N5O2S/c1-26(2)29(27,28)17-9-5-8-16(13-17)23-21-18-10-3-4-11-19(18)24-20(25-21)15-7-6-12-22-14-15/h3-14H,1-2H3,(H,23,24,25). The van der Waals surface area contributed by atoms with Crippen LogP contribution in [0.5, 0.6) is 0 Å². The molecule has 0 unspecified atom stereocenters. The van der Waals surface area contributed by atoms with Crippen LogP contribution in [0, 0.1) is 0 Å². The first-order valence-corrected chi connectivity index (χ1v) is 10.4. The van der Waals surface area contributed by atoms with Crippen molar-refractivity contribution in [2.24, 2.45) is 0 Å². The maximum atomic E-state index is 12.5. The van der Waals surface area contributed by atoms with Crippen LogP contribution < -0.4 is 5.32 Å². The Morgan fingerprint density at radius 3 is 2.52 bits per heavy atom. The number of anilines is 2. The first kappa shape index (κ1) is 19.0. The quantitative estimate of drug-likeness (QED) is 0.545. The monoisotopic (exact) mass is 405 g/mol.